The molecule has 0 unspecified atom stereocenters. The standard InChI is InChI=1S/C45H28N4Si/c1-48-35-20-26-45-43(29-35)42-27-32(30-46)17-25-44(42)49(45)36-21-18-33(19-22-36)41-24-23-40(28-34(41)31-47)50(37-11-5-2-6-12-37,38-13-7-3-8-14-38)39-15-9-4-10-16-39/h2-29H. The molecule has 0 radical (unpaired) electrons. The van der Waals surface area contributed by atoms with Gasteiger partial charge < -0.3 is 4.57 Å². The molecule has 0 atom stereocenters. The number of hydrogen-bond acceptors (Lipinski definition) is 2. The second-order valence-electron chi connectivity index (χ2n) is 12.3. The number of rotatable bonds is 6. The highest BCUT2D eigenvalue weighted by atomic mass is 28.3. The van der Waals surface area contributed by atoms with Crippen molar-refractivity contribution in [2.45, 2.75) is 0 Å². The zero-order chi connectivity index (χ0) is 34.1. The van der Waals surface area contributed by atoms with Gasteiger partial charge in [0.1, 0.15) is 0 Å². The second kappa shape index (κ2) is 12.6. The Labute approximate surface area is 291 Å². The van der Waals surface area contributed by atoms with E-state index in [-0.39, 0.29) is 0 Å². The lowest BCUT2D eigenvalue weighted by atomic mass is 10.00. The van der Waals surface area contributed by atoms with E-state index < -0.39 is 8.07 Å². The third-order valence-corrected chi connectivity index (χ3v) is 14.4. The van der Waals surface area contributed by atoms with Crippen molar-refractivity contribution in [3.05, 3.63) is 192 Å². The van der Waals surface area contributed by atoms with Crippen LogP contribution < -0.4 is 20.7 Å². The summed E-state index contributed by atoms with van der Waals surface area (Å²) in [4.78, 5) is 3.64. The van der Waals surface area contributed by atoms with E-state index in [1.807, 2.05) is 36.4 Å². The molecule has 0 N–H and O–H groups in total. The lowest BCUT2D eigenvalue weighted by molar-refractivity contribution is 1.18. The van der Waals surface area contributed by atoms with Crippen molar-refractivity contribution >= 4 is 56.3 Å². The van der Waals surface area contributed by atoms with Gasteiger partial charge in [0.2, 0.25) is 0 Å². The minimum absolute atomic E-state index is 0.556. The summed E-state index contributed by atoms with van der Waals surface area (Å²) in [5.41, 5.74) is 6.46. The van der Waals surface area contributed by atoms with E-state index in [2.05, 4.69) is 155 Å². The molecule has 4 nitrogen and oxygen atoms in total. The fourth-order valence-electron chi connectivity index (χ4n) is 7.40. The van der Waals surface area contributed by atoms with Gasteiger partial charge in [-0.25, -0.2) is 4.85 Å². The number of aromatic nitrogens is 1. The molecule has 0 amide bonds. The highest BCUT2D eigenvalue weighted by Crippen LogP contribution is 2.35. The van der Waals surface area contributed by atoms with Gasteiger partial charge >= 0.3 is 0 Å². The SMILES string of the molecule is [C-]#[N+]c1ccc2c(c1)c1cc(C#N)ccc1n2-c1ccc(-c2ccc([Si](c3ccccc3)(c3ccccc3)c3ccccc3)cc2C#N)cc1. The average Bonchev–Trinajstić information content (AvgIpc) is 3.52. The Balaban J connectivity index is 1.27. The Morgan fingerprint density at radius 1 is 0.520 bits per heavy atom. The lowest BCUT2D eigenvalue weighted by Gasteiger charge is -2.34. The maximum Gasteiger partial charge on any atom is 0.188 e. The summed E-state index contributed by atoms with van der Waals surface area (Å²) in [5.74, 6) is 0. The molecule has 0 aliphatic carbocycles. The normalized spacial score (nSPS) is 11.1. The van der Waals surface area contributed by atoms with E-state index >= 15 is 0 Å². The number of nitriles is 2. The molecule has 0 aliphatic heterocycles. The highest BCUT2D eigenvalue weighted by Gasteiger charge is 2.41. The number of fused-ring (bicyclic) bond motifs is 3. The molecule has 7 aromatic carbocycles. The predicted molar refractivity (Wildman–Crippen MR) is 206 cm³/mol. The van der Waals surface area contributed by atoms with Crippen LogP contribution in [0.3, 0.4) is 0 Å². The quantitative estimate of drug-likeness (QED) is 0.104. The van der Waals surface area contributed by atoms with Crippen LogP contribution in [0.5, 0.6) is 0 Å². The van der Waals surface area contributed by atoms with Gasteiger partial charge in [-0.15, -0.1) is 0 Å². The summed E-state index contributed by atoms with van der Waals surface area (Å²) < 4.78 is 2.16. The van der Waals surface area contributed by atoms with Crippen molar-refractivity contribution in [3.63, 3.8) is 0 Å². The molecule has 0 saturated heterocycles. The van der Waals surface area contributed by atoms with E-state index in [0.717, 1.165) is 43.8 Å². The van der Waals surface area contributed by atoms with E-state index in [1.165, 1.54) is 15.6 Å². The molecular formula is C45H28N4Si. The molecule has 0 fully saturated rings. The van der Waals surface area contributed by atoms with Crippen LogP contribution in [0.2, 0.25) is 0 Å². The largest absolute Gasteiger partial charge is 0.309 e. The summed E-state index contributed by atoms with van der Waals surface area (Å²) >= 11 is 0. The van der Waals surface area contributed by atoms with Gasteiger partial charge in [0.05, 0.1) is 40.9 Å². The molecule has 8 aromatic rings. The summed E-state index contributed by atoms with van der Waals surface area (Å²) in [5, 5.41) is 27.0. The van der Waals surface area contributed by atoms with Crippen LogP contribution in [-0.2, 0) is 0 Å². The smallest absolute Gasteiger partial charge is 0.188 e. The zero-order valence-corrected chi connectivity index (χ0v) is 28.0. The first-order valence-electron chi connectivity index (χ1n) is 16.3. The lowest BCUT2D eigenvalue weighted by Crippen LogP contribution is -2.74. The maximum absolute atomic E-state index is 10.6. The van der Waals surface area contributed by atoms with Crippen molar-refractivity contribution in [1.29, 1.82) is 10.5 Å². The van der Waals surface area contributed by atoms with Crippen LogP contribution >= 0.6 is 0 Å². The Morgan fingerprint density at radius 3 is 1.62 bits per heavy atom. The first kappa shape index (κ1) is 30.4. The molecule has 1 aromatic heterocycles. The molecule has 50 heavy (non-hydrogen) atoms. The summed E-state index contributed by atoms with van der Waals surface area (Å²) in [6.45, 7) is 7.54. The predicted octanol–water partition coefficient (Wildman–Crippen LogP) is 8.12. The van der Waals surface area contributed by atoms with Crippen LogP contribution in [0.15, 0.2) is 170 Å². The maximum atomic E-state index is 10.6. The first-order chi connectivity index (χ1) is 24.6. The number of hydrogen-bond donors (Lipinski definition) is 0. The van der Waals surface area contributed by atoms with E-state index in [0.29, 0.717) is 16.8 Å². The molecular weight excluding hydrogens is 625 g/mol. The van der Waals surface area contributed by atoms with Crippen LogP contribution in [0.1, 0.15) is 11.1 Å². The van der Waals surface area contributed by atoms with Gasteiger partial charge in [0.25, 0.3) is 0 Å². The topological polar surface area (TPSA) is 56.9 Å². The number of benzene rings is 7. The summed E-state index contributed by atoms with van der Waals surface area (Å²) in [6, 6.07) is 63.0. The van der Waals surface area contributed by atoms with Crippen LogP contribution in [0.4, 0.5) is 5.69 Å². The average molecular weight is 653 g/mol. The Kier molecular flexibility index (Phi) is 7.63. The van der Waals surface area contributed by atoms with Gasteiger partial charge in [-0.2, -0.15) is 10.5 Å². The molecule has 0 aliphatic rings. The molecule has 0 bridgehead atoms. The molecule has 0 spiro atoms. The summed E-state index contributed by atoms with van der Waals surface area (Å²) in [6.07, 6.45) is 0. The minimum atomic E-state index is -2.78. The zero-order valence-electron chi connectivity index (χ0n) is 27.0. The van der Waals surface area contributed by atoms with Gasteiger partial charge in [0.15, 0.2) is 13.8 Å². The van der Waals surface area contributed by atoms with Crippen molar-refractivity contribution < 1.29 is 0 Å². The van der Waals surface area contributed by atoms with Crippen LogP contribution in [-0.4, -0.2) is 12.6 Å². The van der Waals surface area contributed by atoms with E-state index in [9.17, 15) is 10.5 Å². The second-order valence-corrected chi connectivity index (χ2v) is 16.1. The fourth-order valence-corrected chi connectivity index (χ4v) is 12.2. The fraction of sp³-hybridized carbons (Fsp3) is 0. The van der Waals surface area contributed by atoms with Gasteiger partial charge in [-0.1, -0.05) is 121 Å². The third kappa shape index (κ3) is 4.88. The van der Waals surface area contributed by atoms with Crippen molar-refractivity contribution in [2.75, 3.05) is 0 Å². The molecule has 0 saturated carbocycles. The molecule has 5 heteroatoms. The van der Waals surface area contributed by atoms with Crippen molar-refractivity contribution in [1.82, 2.24) is 4.57 Å². The van der Waals surface area contributed by atoms with Crippen molar-refractivity contribution in [3.8, 4) is 29.0 Å². The minimum Gasteiger partial charge on any atom is -0.309 e. The van der Waals surface area contributed by atoms with Gasteiger partial charge in [-0.05, 0) is 85.8 Å². The van der Waals surface area contributed by atoms with Gasteiger partial charge in [-0.3, -0.25) is 0 Å². The monoisotopic (exact) mass is 652 g/mol. The Morgan fingerprint density at radius 2 is 1.08 bits per heavy atom. The summed E-state index contributed by atoms with van der Waals surface area (Å²) in [7, 11) is -2.78. The highest BCUT2D eigenvalue weighted by molar-refractivity contribution is 7.19. The van der Waals surface area contributed by atoms with E-state index in [1.54, 1.807) is 0 Å². The Bertz CT molecular complexity index is 2490. The molecule has 232 valence electrons. The third-order valence-electron chi connectivity index (χ3n) is 9.64. The van der Waals surface area contributed by atoms with Gasteiger partial charge in [0, 0.05) is 11.1 Å². The van der Waals surface area contributed by atoms with E-state index in [4.69, 9.17) is 6.57 Å². The van der Waals surface area contributed by atoms with Crippen LogP contribution in [0.25, 0.3) is 43.5 Å². The van der Waals surface area contributed by atoms with Crippen LogP contribution in [0, 0.1) is 29.2 Å². The molecule has 1 heterocycles. The van der Waals surface area contributed by atoms with Crippen molar-refractivity contribution in [2.24, 2.45) is 0 Å². The molecule has 8 rings (SSSR count). The Hall–Kier alpha value is -6.97. The first-order valence-corrected chi connectivity index (χ1v) is 18.3. The number of nitrogens with zero attached hydrogens (tertiary/aromatic N) is 4.